The van der Waals surface area contributed by atoms with Crippen molar-refractivity contribution in [3.05, 3.63) is 58.4 Å². The second-order valence-electron chi connectivity index (χ2n) is 4.12. The van der Waals surface area contributed by atoms with Crippen LogP contribution in [-0.2, 0) is 6.54 Å². The number of aryl methyl sites for hydroxylation is 1. The number of hydrogen-bond donors (Lipinski definition) is 2. The zero-order chi connectivity index (χ0) is 13.8. The molecular formula is C14H13ClN2O2. The summed E-state index contributed by atoms with van der Waals surface area (Å²) in [6, 6.07) is 10.4. The number of nitrogens with zero attached hydrogens (tertiary/aromatic N) is 1. The van der Waals surface area contributed by atoms with Gasteiger partial charge in [0.05, 0.1) is 16.9 Å². The Morgan fingerprint density at radius 1 is 1.26 bits per heavy atom. The number of benzene rings is 1. The number of pyridine rings is 1. The molecule has 0 spiro atoms. The fraction of sp³-hybridized carbons (Fsp3) is 0.143. The van der Waals surface area contributed by atoms with E-state index in [4.69, 9.17) is 16.7 Å². The summed E-state index contributed by atoms with van der Waals surface area (Å²) in [6.45, 7) is 2.48. The molecule has 0 saturated heterocycles. The first-order valence-corrected chi connectivity index (χ1v) is 6.13. The standard InChI is InChI=1S/C14H13ClN2O2/c1-9-12(6-7-13(15)17-9)16-8-10-2-4-11(5-3-10)14(18)19/h2-7,16H,8H2,1H3,(H,18,19). The lowest BCUT2D eigenvalue weighted by molar-refractivity contribution is 0.0697. The minimum absolute atomic E-state index is 0.285. The Balaban J connectivity index is 2.04. The first-order chi connectivity index (χ1) is 9.06. The smallest absolute Gasteiger partial charge is 0.335 e. The normalized spacial score (nSPS) is 10.2. The number of nitrogens with one attached hydrogen (secondary N) is 1. The molecule has 98 valence electrons. The van der Waals surface area contributed by atoms with E-state index in [9.17, 15) is 4.79 Å². The van der Waals surface area contributed by atoms with E-state index in [0.29, 0.717) is 11.7 Å². The molecule has 0 bridgehead atoms. The minimum Gasteiger partial charge on any atom is -0.478 e. The van der Waals surface area contributed by atoms with Crippen LogP contribution in [0.1, 0.15) is 21.6 Å². The zero-order valence-corrected chi connectivity index (χ0v) is 11.1. The van der Waals surface area contributed by atoms with E-state index in [2.05, 4.69) is 10.3 Å². The van der Waals surface area contributed by atoms with Crippen LogP contribution >= 0.6 is 11.6 Å². The van der Waals surface area contributed by atoms with Gasteiger partial charge in [0, 0.05) is 6.54 Å². The van der Waals surface area contributed by atoms with Crippen molar-refractivity contribution in [3.63, 3.8) is 0 Å². The molecule has 0 saturated carbocycles. The fourth-order valence-electron chi connectivity index (χ4n) is 1.68. The molecular weight excluding hydrogens is 264 g/mol. The van der Waals surface area contributed by atoms with E-state index in [1.54, 1.807) is 30.3 Å². The maximum absolute atomic E-state index is 10.7. The third kappa shape index (κ3) is 3.45. The molecule has 1 aromatic heterocycles. The van der Waals surface area contributed by atoms with Gasteiger partial charge < -0.3 is 10.4 Å². The molecule has 0 aliphatic carbocycles. The maximum atomic E-state index is 10.7. The highest BCUT2D eigenvalue weighted by Gasteiger charge is 2.03. The molecule has 2 N–H and O–H groups in total. The van der Waals surface area contributed by atoms with Crippen LogP contribution < -0.4 is 5.32 Å². The number of carboxylic acid groups (broad SMARTS) is 1. The molecule has 0 radical (unpaired) electrons. The Labute approximate surface area is 116 Å². The summed E-state index contributed by atoms with van der Waals surface area (Å²) < 4.78 is 0. The Morgan fingerprint density at radius 3 is 2.53 bits per heavy atom. The molecule has 1 aromatic carbocycles. The monoisotopic (exact) mass is 276 g/mol. The van der Waals surface area contributed by atoms with Gasteiger partial charge in [-0.1, -0.05) is 23.7 Å². The highest BCUT2D eigenvalue weighted by atomic mass is 35.5. The Kier molecular flexibility index (Phi) is 4.02. The van der Waals surface area contributed by atoms with Crippen LogP contribution in [-0.4, -0.2) is 16.1 Å². The summed E-state index contributed by atoms with van der Waals surface area (Å²) in [5.74, 6) is -0.919. The summed E-state index contributed by atoms with van der Waals surface area (Å²) in [6.07, 6.45) is 0. The van der Waals surface area contributed by atoms with Crippen LogP contribution in [0.3, 0.4) is 0 Å². The molecule has 0 amide bonds. The van der Waals surface area contributed by atoms with Crippen LogP contribution in [0.4, 0.5) is 5.69 Å². The number of aromatic carboxylic acids is 1. The molecule has 2 rings (SSSR count). The summed E-state index contributed by atoms with van der Waals surface area (Å²) >= 11 is 5.79. The van der Waals surface area contributed by atoms with E-state index in [-0.39, 0.29) is 5.56 Å². The molecule has 0 atom stereocenters. The van der Waals surface area contributed by atoms with Gasteiger partial charge >= 0.3 is 5.97 Å². The molecule has 19 heavy (non-hydrogen) atoms. The molecule has 5 heteroatoms. The average molecular weight is 277 g/mol. The second kappa shape index (κ2) is 5.71. The number of carboxylic acids is 1. The van der Waals surface area contributed by atoms with E-state index in [1.807, 2.05) is 13.0 Å². The van der Waals surface area contributed by atoms with Gasteiger partial charge in [-0.15, -0.1) is 0 Å². The number of carbonyl (C=O) groups is 1. The lowest BCUT2D eigenvalue weighted by Crippen LogP contribution is -2.03. The number of halogens is 1. The number of rotatable bonds is 4. The van der Waals surface area contributed by atoms with Crippen molar-refractivity contribution in [1.82, 2.24) is 4.98 Å². The lowest BCUT2D eigenvalue weighted by Gasteiger charge is -2.09. The molecule has 0 fully saturated rings. The van der Waals surface area contributed by atoms with Gasteiger partial charge in [-0.05, 0) is 36.8 Å². The molecule has 0 aliphatic heterocycles. The van der Waals surface area contributed by atoms with Crippen LogP contribution in [0.5, 0.6) is 0 Å². The first-order valence-electron chi connectivity index (χ1n) is 5.75. The van der Waals surface area contributed by atoms with Crippen molar-refractivity contribution in [2.45, 2.75) is 13.5 Å². The van der Waals surface area contributed by atoms with Gasteiger partial charge in [-0.3, -0.25) is 0 Å². The van der Waals surface area contributed by atoms with Crippen LogP contribution in [0.15, 0.2) is 36.4 Å². The quantitative estimate of drug-likeness (QED) is 0.841. The van der Waals surface area contributed by atoms with Crippen molar-refractivity contribution < 1.29 is 9.90 Å². The highest BCUT2D eigenvalue weighted by Crippen LogP contribution is 2.16. The Bertz CT molecular complexity index is 597. The van der Waals surface area contributed by atoms with Crippen LogP contribution in [0, 0.1) is 6.92 Å². The number of aromatic nitrogens is 1. The maximum Gasteiger partial charge on any atom is 0.335 e. The van der Waals surface area contributed by atoms with E-state index in [1.165, 1.54) is 0 Å². The third-order valence-electron chi connectivity index (χ3n) is 2.74. The molecule has 2 aromatic rings. The zero-order valence-electron chi connectivity index (χ0n) is 10.4. The SMILES string of the molecule is Cc1nc(Cl)ccc1NCc1ccc(C(=O)O)cc1. The van der Waals surface area contributed by atoms with Crippen LogP contribution in [0.25, 0.3) is 0 Å². The van der Waals surface area contributed by atoms with Gasteiger partial charge in [-0.25, -0.2) is 9.78 Å². The van der Waals surface area contributed by atoms with Gasteiger partial charge in [0.25, 0.3) is 0 Å². The molecule has 4 nitrogen and oxygen atoms in total. The van der Waals surface area contributed by atoms with E-state index in [0.717, 1.165) is 16.9 Å². The summed E-state index contributed by atoms with van der Waals surface area (Å²) in [7, 11) is 0. The highest BCUT2D eigenvalue weighted by molar-refractivity contribution is 6.29. The molecule has 1 heterocycles. The average Bonchev–Trinajstić information content (AvgIpc) is 2.38. The number of anilines is 1. The summed E-state index contributed by atoms with van der Waals surface area (Å²) in [4.78, 5) is 14.9. The Hall–Kier alpha value is -2.07. The van der Waals surface area contributed by atoms with Crippen molar-refractivity contribution >= 4 is 23.3 Å². The van der Waals surface area contributed by atoms with Crippen molar-refractivity contribution in [2.75, 3.05) is 5.32 Å². The third-order valence-corrected chi connectivity index (χ3v) is 2.95. The van der Waals surface area contributed by atoms with Crippen molar-refractivity contribution in [1.29, 1.82) is 0 Å². The van der Waals surface area contributed by atoms with E-state index < -0.39 is 5.97 Å². The van der Waals surface area contributed by atoms with E-state index >= 15 is 0 Å². The summed E-state index contributed by atoms with van der Waals surface area (Å²) in [5, 5.41) is 12.5. The van der Waals surface area contributed by atoms with Gasteiger partial charge in [0.1, 0.15) is 5.15 Å². The molecule has 0 aliphatic rings. The molecule has 0 unspecified atom stereocenters. The minimum atomic E-state index is -0.919. The lowest BCUT2D eigenvalue weighted by atomic mass is 10.1. The predicted octanol–water partition coefficient (Wildman–Crippen LogP) is 3.35. The Morgan fingerprint density at radius 2 is 1.95 bits per heavy atom. The summed E-state index contributed by atoms with van der Waals surface area (Å²) in [5.41, 5.74) is 3.02. The van der Waals surface area contributed by atoms with Gasteiger partial charge in [0.15, 0.2) is 0 Å². The first kappa shape index (κ1) is 13.4. The second-order valence-corrected chi connectivity index (χ2v) is 4.51. The largest absolute Gasteiger partial charge is 0.478 e. The topological polar surface area (TPSA) is 62.2 Å². The number of hydrogen-bond acceptors (Lipinski definition) is 3. The predicted molar refractivity (Wildman–Crippen MR) is 74.7 cm³/mol. The van der Waals surface area contributed by atoms with Crippen molar-refractivity contribution in [3.8, 4) is 0 Å². The fourth-order valence-corrected chi connectivity index (χ4v) is 1.87. The van der Waals surface area contributed by atoms with Crippen molar-refractivity contribution in [2.24, 2.45) is 0 Å². The van der Waals surface area contributed by atoms with Gasteiger partial charge in [-0.2, -0.15) is 0 Å². The van der Waals surface area contributed by atoms with Gasteiger partial charge in [0.2, 0.25) is 0 Å². The van der Waals surface area contributed by atoms with Crippen LogP contribution in [0.2, 0.25) is 5.15 Å².